The van der Waals surface area contributed by atoms with Crippen LogP contribution < -0.4 is 0 Å². The average Bonchev–Trinajstić information content (AvgIpc) is 2.60. The van der Waals surface area contributed by atoms with E-state index in [9.17, 15) is 8.42 Å². The summed E-state index contributed by atoms with van der Waals surface area (Å²) in [7, 11) is -3.35. The third-order valence-corrected chi connectivity index (χ3v) is 4.93. The number of fused-ring (bicyclic) bond motifs is 2. The van der Waals surface area contributed by atoms with Crippen LogP contribution in [-0.4, -0.2) is 26.6 Å². The minimum Gasteiger partial charge on any atom is -0.351 e. The maximum absolute atomic E-state index is 11.5. The maximum atomic E-state index is 11.5. The quantitative estimate of drug-likeness (QED) is 0.624. The molecule has 0 aromatic carbocycles. The summed E-state index contributed by atoms with van der Waals surface area (Å²) in [6, 6.07) is 0. The van der Waals surface area contributed by atoms with E-state index in [1.807, 2.05) is 0 Å². The van der Waals surface area contributed by atoms with Crippen LogP contribution in [0.4, 0.5) is 0 Å². The highest BCUT2D eigenvalue weighted by Crippen LogP contribution is 2.36. The molecule has 1 aliphatic carbocycles. The van der Waals surface area contributed by atoms with Gasteiger partial charge in [0.1, 0.15) is 0 Å². The summed E-state index contributed by atoms with van der Waals surface area (Å²) in [6.45, 7) is 1.96. The molecule has 0 aromatic heterocycles. The molecule has 1 saturated heterocycles. The van der Waals surface area contributed by atoms with Crippen molar-refractivity contribution in [2.45, 2.75) is 44.0 Å². The van der Waals surface area contributed by atoms with E-state index >= 15 is 0 Å². The predicted octanol–water partition coefficient (Wildman–Crippen LogP) is 1.27. The second-order valence-corrected chi connectivity index (χ2v) is 5.92. The van der Waals surface area contributed by atoms with Crippen LogP contribution in [0.15, 0.2) is 0 Å². The minimum atomic E-state index is -3.35. The van der Waals surface area contributed by atoms with Gasteiger partial charge in [-0.05, 0) is 31.6 Å². The lowest BCUT2D eigenvalue weighted by molar-refractivity contribution is -0.0624. The first kappa shape index (κ1) is 10.4. The Kier molecular flexibility index (Phi) is 2.81. The van der Waals surface area contributed by atoms with Gasteiger partial charge in [-0.25, -0.2) is 4.18 Å². The van der Waals surface area contributed by atoms with Gasteiger partial charge in [0.05, 0.1) is 11.4 Å². The van der Waals surface area contributed by atoms with Crippen LogP contribution in [0.1, 0.15) is 32.6 Å². The Morgan fingerprint density at radius 3 is 2.86 bits per heavy atom. The second kappa shape index (κ2) is 3.79. The van der Waals surface area contributed by atoms with E-state index in [2.05, 4.69) is 6.92 Å². The monoisotopic (exact) mass is 220 g/mol. The molecule has 2 rings (SSSR count). The summed E-state index contributed by atoms with van der Waals surface area (Å²) in [5.41, 5.74) is 0. The zero-order valence-corrected chi connectivity index (χ0v) is 9.13. The molecule has 4 nitrogen and oxygen atoms in total. The van der Waals surface area contributed by atoms with Crippen LogP contribution in [0.2, 0.25) is 0 Å². The molecule has 2 aliphatic rings. The zero-order valence-electron chi connectivity index (χ0n) is 8.31. The average molecular weight is 220 g/mol. The van der Waals surface area contributed by atoms with Crippen molar-refractivity contribution in [3.63, 3.8) is 0 Å². The van der Waals surface area contributed by atoms with E-state index in [0.717, 1.165) is 19.3 Å². The Labute approximate surface area is 84.7 Å². The van der Waals surface area contributed by atoms with Crippen LogP contribution in [0.25, 0.3) is 0 Å². The predicted molar refractivity (Wildman–Crippen MR) is 51.2 cm³/mol. The first-order valence-electron chi connectivity index (χ1n) is 5.13. The second-order valence-electron chi connectivity index (χ2n) is 4.04. The Morgan fingerprint density at radius 1 is 1.36 bits per heavy atom. The Bertz CT molecular complexity index is 298. The van der Waals surface area contributed by atoms with Crippen LogP contribution in [0.3, 0.4) is 0 Å². The van der Waals surface area contributed by atoms with E-state index in [4.69, 9.17) is 8.92 Å². The molecule has 1 saturated carbocycles. The van der Waals surface area contributed by atoms with Crippen LogP contribution in [0.5, 0.6) is 0 Å². The van der Waals surface area contributed by atoms with E-state index in [-0.39, 0.29) is 18.1 Å². The van der Waals surface area contributed by atoms with Gasteiger partial charge >= 0.3 is 0 Å². The molecule has 2 fully saturated rings. The molecular weight excluding hydrogens is 204 g/mol. The molecule has 1 heterocycles. The molecule has 0 spiro atoms. The highest BCUT2D eigenvalue weighted by Gasteiger charge is 2.40. The van der Waals surface area contributed by atoms with Crippen molar-refractivity contribution in [2.24, 2.45) is 5.92 Å². The molecule has 0 radical (unpaired) electrons. The highest BCUT2D eigenvalue weighted by atomic mass is 32.2. The molecular formula is C9H16O4S. The number of ether oxygens (including phenoxy) is 1. The smallest absolute Gasteiger partial charge is 0.272 e. The van der Waals surface area contributed by atoms with Crippen molar-refractivity contribution in [3.8, 4) is 0 Å². The summed E-state index contributed by atoms with van der Waals surface area (Å²) in [5.74, 6) is 0.406. The zero-order chi connectivity index (χ0) is 10.2. The van der Waals surface area contributed by atoms with Crippen molar-refractivity contribution in [3.05, 3.63) is 0 Å². The van der Waals surface area contributed by atoms with Crippen molar-refractivity contribution in [1.29, 1.82) is 0 Å². The van der Waals surface area contributed by atoms with Gasteiger partial charge in [0.2, 0.25) is 0 Å². The van der Waals surface area contributed by atoms with Crippen LogP contribution in [0, 0.1) is 5.92 Å². The lowest BCUT2D eigenvalue weighted by atomic mass is 9.99. The van der Waals surface area contributed by atoms with Gasteiger partial charge in [0.15, 0.2) is 6.79 Å². The maximum Gasteiger partial charge on any atom is 0.272 e. The van der Waals surface area contributed by atoms with Crippen molar-refractivity contribution in [2.75, 3.05) is 6.79 Å². The largest absolute Gasteiger partial charge is 0.351 e. The first-order valence-corrected chi connectivity index (χ1v) is 6.60. The summed E-state index contributed by atoms with van der Waals surface area (Å²) < 4.78 is 33.2. The summed E-state index contributed by atoms with van der Waals surface area (Å²) in [4.78, 5) is 0. The van der Waals surface area contributed by atoms with Gasteiger partial charge in [-0.2, -0.15) is 8.42 Å². The van der Waals surface area contributed by atoms with Gasteiger partial charge < -0.3 is 4.74 Å². The molecule has 1 aliphatic heterocycles. The molecule has 0 N–H and O–H groups in total. The molecule has 2 bridgehead atoms. The number of hydrogen-bond donors (Lipinski definition) is 0. The molecule has 14 heavy (non-hydrogen) atoms. The van der Waals surface area contributed by atoms with Gasteiger partial charge in [-0.1, -0.05) is 6.92 Å². The van der Waals surface area contributed by atoms with Crippen molar-refractivity contribution < 1.29 is 17.3 Å². The Balaban J connectivity index is 2.16. The van der Waals surface area contributed by atoms with Crippen LogP contribution in [-0.2, 0) is 19.0 Å². The third-order valence-electron chi connectivity index (χ3n) is 3.26. The van der Waals surface area contributed by atoms with Gasteiger partial charge in [0, 0.05) is 0 Å². The summed E-state index contributed by atoms with van der Waals surface area (Å²) in [5, 5.41) is -0.287. The molecule has 0 amide bonds. The first-order chi connectivity index (χ1) is 6.63. The molecule has 0 aromatic rings. The van der Waals surface area contributed by atoms with Crippen molar-refractivity contribution in [1.82, 2.24) is 0 Å². The highest BCUT2D eigenvalue weighted by molar-refractivity contribution is 7.87. The summed E-state index contributed by atoms with van der Waals surface area (Å²) >= 11 is 0. The lowest BCUT2D eigenvalue weighted by Gasteiger charge is -2.25. The summed E-state index contributed by atoms with van der Waals surface area (Å²) in [6.07, 6.45) is 3.50. The number of rotatable bonds is 1. The molecule has 82 valence electrons. The van der Waals surface area contributed by atoms with E-state index in [1.54, 1.807) is 0 Å². The molecule has 5 heteroatoms. The van der Waals surface area contributed by atoms with Gasteiger partial charge in [-0.3, -0.25) is 0 Å². The topological polar surface area (TPSA) is 52.6 Å². The standard InChI is InChI=1S/C9H16O4S/c1-2-9-7-3-4-8(5-7)14(10,11)13-6-12-9/h7-9H,2-6H2,1H3. The normalized spacial score (nSPS) is 41.6. The fourth-order valence-electron chi connectivity index (χ4n) is 2.44. The molecule has 3 atom stereocenters. The Hall–Kier alpha value is -0.130. The van der Waals surface area contributed by atoms with Gasteiger partial charge in [-0.15, -0.1) is 0 Å². The van der Waals surface area contributed by atoms with Crippen molar-refractivity contribution >= 4 is 10.1 Å². The lowest BCUT2D eigenvalue weighted by Crippen LogP contribution is -2.30. The van der Waals surface area contributed by atoms with E-state index < -0.39 is 10.1 Å². The fraction of sp³-hybridized carbons (Fsp3) is 1.00. The fourth-order valence-corrected chi connectivity index (χ4v) is 3.73. The van der Waals surface area contributed by atoms with Crippen LogP contribution >= 0.6 is 0 Å². The number of hydrogen-bond acceptors (Lipinski definition) is 4. The van der Waals surface area contributed by atoms with E-state index in [1.165, 1.54) is 0 Å². The van der Waals surface area contributed by atoms with Gasteiger partial charge in [0.25, 0.3) is 10.1 Å². The van der Waals surface area contributed by atoms with E-state index in [0.29, 0.717) is 12.3 Å². The minimum absolute atomic E-state index is 0.103. The Morgan fingerprint density at radius 2 is 2.14 bits per heavy atom. The third kappa shape index (κ3) is 1.81. The molecule has 3 unspecified atom stereocenters. The SMILES string of the molecule is CCC1OCOS(=O)(=O)C2CCC1C2.